The fraction of sp³-hybridized carbons (Fsp3) is 0.375. The van der Waals surface area contributed by atoms with Crippen LogP contribution in [0, 0.1) is 0 Å². The second-order valence-electron chi connectivity index (χ2n) is 8.23. The van der Waals surface area contributed by atoms with E-state index < -0.39 is 11.7 Å². The monoisotopic (exact) mass is 472 g/mol. The highest BCUT2D eigenvalue weighted by Gasteiger charge is 2.30. The maximum Gasteiger partial charge on any atom is 0.416 e. The molecule has 2 heterocycles. The number of piperidine rings is 1. The van der Waals surface area contributed by atoms with Crippen LogP contribution < -0.4 is 15.5 Å². The van der Waals surface area contributed by atoms with Crippen LogP contribution in [0.15, 0.2) is 48.5 Å². The molecule has 1 aliphatic heterocycles. The molecule has 0 aliphatic carbocycles. The Bertz CT molecular complexity index is 1080. The van der Waals surface area contributed by atoms with Gasteiger partial charge in [-0.15, -0.1) is 0 Å². The Kier molecular flexibility index (Phi) is 7.34. The summed E-state index contributed by atoms with van der Waals surface area (Å²) in [5.74, 6) is 1.48. The Hall–Kier alpha value is -3.56. The van der Waals surface area contributed by atoms with Crippen molar-refractivity contribution < 1.29 is 18.3 Å². The van der Waals surface area contributed by atoms with Gasteiger partial charge in [-0.3, -0.25) is 0 Å². The van der Waals surface area contributed by atoms with E-state index in [-0.39, 0.29) is 12.3 Å². The summed E-state index contributed by atoms with van der Waals surface area (Å²) in [6.07, 6.45) is -0.401. The number of anilines is 3. The molecule has 0 bridgehead atoms. The van der Waals surface area contributed by atoms with E-state index >= 15 is 0 Å². The third-order valence-electron chi connectivity index (χ3n) is 5.60. The SMILES string of the molecule is Oc1ccc(CCNc2nc(NCc3cccc(C(F)(F)F)c3)nc(N3CCCCC3)n2)cc1. The molecule has 1 saturated heterocycles. The number of benzene rings is 2. The van der Waals surface area contributed by atoms with Crippen molar-refractivity contribution in [3.8, 4) is 5.75 Å². The van der Waals surface area contributed by atoms with E-state index in [0.29, 0.717) is 36.4 Å². The number of aromatic nitrogens is 3. The van der Waals surface area contributed by atoms with Gasteiger partial charge in [0, 0.05) is 26.2 Å². The van der Waals surface area contributed by atoms with Gasteiger partial charge in [0.2, 0.25) is 17.8 Å². The predicted molar refractivity (Wildman–Crippen MR) is 125 cm³/mol. The van der Waals surface area contributed by atoms with Crippen LogP contribution in [-0.4, -0.2) is 39.7 Å². The van der Waals surface area contributed by atoms with Crippen LogP contribution in [0.5, 0.6) is 5.75 Å². The minimum atomic E-state index is -4.39. The zero-order valence-corrected chi connectivity index (χ0v) is 18.6. The lowest BCUT2D eigenvalue weighted by molar-refractivity contribution is -0.137. The maximum absolute atomic E-state index is 13.0. The first-order chi connectivity index (χ1) is 16.4. The molecule has 4 rings (SSSR count). The van der Waals surface area contributed by atoms with E-state index in [9.17, 15) is 18.3 Å². The highest BCUT2D eigenvalue weighted by Crippen LogP contribution is 2.29. The molecule has 3 N–H and O–H groups in total. The lowest BCUT2D eigenvalue weighted by atomic mass is 10.1. The molecule has 0 amide bonds. The van der Waals surface area contributed by atoms with Gasteiger partial charge in [0.15, 0.2) is 0 Å². The first-order valence-corrected chi connectivity index (χ1v) is 11.3. The van der Waals surface area contributed by atoms with Crippen molar-refractivity contribution in [3.63, 3.8) is 0 Å². The Morgan fingerprint density at radius 2 is 1.56 bits per heavy atom. The molecule has 1 fully saturated rings. The number of aromatic hydroxyl groups is 1. The van der Waals surface area contributed by atoms with Crippen LogP contribution in [0.1, 0.15) is 36.0 Å². The van der Waals surface area contributed by atoms with Gasteiger partial charge in [0.25, 0.3) is 0 Å². The Morgan fingerprint density at radius 1 is 0.853 bits per heavy atom. The number of hydrogen-bond acceptors (Lipinski definition) is 7. The number of hydrogen-bond donors (Lipinski definition) is 3. The first kappa shape index (κ1) is 23.6. The van der Waals surface area contributed by atoms with Crippen molar-refractivity contribution in [2.75, 3.05) is 35.2 Å². The molecule has 180 valence electrons. The summed E-state index contributed by atoms with van der Waals surface area (Å²) in [6.45, 7) is 2.43. The third-order valence-corrected chi connectivity index (χ3v) is 5.60. The Balaban J connectivity index is 1.47. The Morgan fingerprint density at radius 3 is 2.26 bits per heavy atom. The molecular formula is C24H27F3N6O. The van der Waals surface area contributed by atoms with E-state index in [1.54, 1.807) is 18.2 Å². The fourth-order valence-corrected chi connectivity index (χ4v) is 3.78. The summed E-state index contributed by atoms with van der Waals surface area (Å²) >= 11 is 0. The van der Waals surface area contributed by atoms with Crippen molar-refractivity contribution in [1.29, 1.82) is 0 Å². The Labute approximate surface area is 196 Å². The van der Waals surface area contributed by atoms with E-state index in [4.69, 9.17) is 0 Å². The smallest absolute Gasteiger partial charge is 0.416 e. The maximum atomic E-state index is 13.0. The molecule has 34 heavy (non-hydrogen) atoms. The molecule has 0 saturated carbocycles. The molecular weight excluding hydrogens is 445 g/mol. The fourth-order valence-electron chi connectivity index (χ4n) is 3.78. The van der Waals surface area contributed by atoms with Gasteiger partial charge in [-0.25, -0.2) is 0 Å². The minimum Gasteiger partial charge on any atom is -0.508 e. The summed E-state index contributed by atoms with van der Waals surface area (Å²) in [7, 11) is 0. The number of halogens is 3. The summed E-state index contributed by atoms with van der Waals surface area (Å²) < 4.78 is 39.1. The number of rotatable bonds is 8. The van der Waals surface area contributed by atoms with Crippen molar-refractivity contribution in [1.82, 2.24) is 15.0 Å². The van der Waals surface area contributed by atoms with Gasteiger partial charge in [-0.1, -0.05) is 24.3 Å². The van der Waals surface area contributed by atoms with Crippen molar-refractivity contribution in [2.45, 2.75) is 38.4 Å². The quantitative estimate of drug-likeness (QED) is 0.432. The molecule has 3 aromatic rings. The highest BCUT2D eigenvalue weighted by molar-refractivity contribution is 5.44. The molecule has 2 aromatic carbocycles. The lowest BCUT2D eigenvalue weighted by Crippen LogP contribution is -2.31. The van der Waals surface area contributed by atoms with Crippen LogP contribution in [0.25, 0.3) is 0 Å². The van der Waals surface area contributed by atoms with Gasteiger partial charge in [-0.05, 0) is 61.1 Å². The number of phenols is 1. The van der Waals surface area contributed by atoms with Crippen LogP contribution >= 0.6 is 0 Å². The number of phenolic OH excluding ortho intramolecular Hbond substituents is 1. The van der Waals surface area contributed by atoms with Crippen molar-refractivity contribution in [2.24, 2.45) is 0 Å². The summed E-state index contributed by atoms with van der Waals surface area (Å²) in [6, 6.07) is 12.2. The third kappa shape index (κ3) is 6.49. The van der Waals surface area contributed by atoms with E-state index in [1.807, 2.05) is 12.1 Å². The normalized spacial score (nSPS) is 14.1. The molecule has 0 atom stereocenters. The van der Waals surface area contributed by atoms with Gasteiger partial charge in [0.1, 0.15) is 5.75 Å². The summed E-state index contributed by atoms with van der Waals surface area (Å²) in [5.41, 5.74) is 0.850. The molecule has 1 aromatic heterocycles. The molecule has 0 unspecified atom stereocenters. The second kappa shape index (κ2) is 10.6. The topological polar surface area (TPSA) is 86.2 Å². The standard InChI is InChI=1S/C24H27F3N6O/c25-24(26,27)19-6-4-5-18(15-19)16-29-22-30-21(28-12-11-17-7-9-20(34)10-8-17)31-23(32-22)33-13-2-1-3-14-33/h4-10,15,34H,1-3,11-14,16H2,(H2,28,29,30,31,32). The van der Waals surface area contributed by atoms with E-state index in [0.717, 1.165) is 43.6 Å². The van der Waals surface area contributed by atoms with Crippen LogP contribution in [0.2, 0.25) is 0 Å². The van der Waals surface area contributed by atoms with Gasteiger partial charge >= 0.3 is 6.18 Å². The molecule has 7 nitrogen and oxygen atoms in total. The average Bonchev–Trinajstić information content (AvgIpc) is 2.84. The van der Waals surface area contributed by atoms with Crippen LogP contribution in [-0.2, 0) is 19.1 Å². The summed E-state index contributed by atoms with van der Waals surface area (Å²) in [4.78, 5) is 15.6. The first-order valence-electron chi connectivity index (χ1n) is 11.3. The molecule has 1 aliphatic rings. The number of alkyl halides is 3. The summed E-state index contributed by atoms with van der Waals surface area (Å²) in [5, 5.41) is 15.7. The number of nitrogens with one attached hydrogen (secondary N) is 2. The zero-order chi connectivity index (χ0) is 24.0. The zero-order valence-electron chi connectivity index (χ0n) is 18.6. The molecule has 10 heteroatoms. The van der Waals surface area contributed by atoms with Crippen LogP contribution in [0.3, 0.4) is 0 Å². The molecule has 0 spiro atoms. The van der Waals surface area contributed by atoms with E-state index in [1.165, 1.54) is 12.5 Å². The lowest BCUT2D eigenvalue weighted by Gasteiger charge is -2.27. The van der Waals surface area contributed by atoms with E-state index in [2.05, 4.69) is 30.5 Å². The van der Waals surface area contributed by atoms with Crippen molar-refractivity contribution >= 4 is 17.8 Å². The average molecular weight is 473 g/mol. The predicted octanol–water partition coefficient (Wildman–Crippen LogP) is 4.85. The second-order valence-corrected chi connectivity index (χ2v) is 8.23. The van der Waals surface area contributed by atoms with Gasteiger partial charge in [-0.2, -0.15) is 28.1 Å². The highest BCUT2D eigenvalue weighted by atomic mass is 19.4. The van der Waals surface area contributed by atoms with Gasteiger partial charge in [0.05, 0.1) is 5.56 Å². The van der Waals surface area contributed by atoms with Gasteiger partial charge < -0.3 is 20.6 Å². The van der Waals surface area contributed by atoms with Crippen molar-refractivity contribution in [3.05, 3.63) is 65.2 Å². The largest absolute Gasteiger partial charge is 0.508 e. The minimum absolute atomic E-state index is 0.153. The number of nitrogens with zero attached hydrogens (tertiary/aromatic N) is 4. The van der Waals surface area contributed by atoms with Crippen LogP contribution in [0.4, 0.5) is 31.0 Å². The molecule has 0 radical (unpaired) electrons.